The van der Waals surface area contributed by atoms with Gasteiger partial charge >= 0.3 is 0 Å². The number of nitrogens with one attached hydrogen (secondary N) is 1. The summed E-state index contributed by atoms with van der Waals surface area (Å²) >= 11 is 0. The fourth-order valence-corrected chi connectivity index (χ4v) is 6.21. The van der Waals surface area contributed by atoms with E-state index in [1.54, 1.807) is 0 Å². The van der Waals surface area contributed by atoms with Gasteiger partial charge in [0.15, 0.2) is 5.78 Å². The normalized spacial score (nSPS) is 22.4. The molecule has 1 aromatic rings. The van der Waals surface area contributed by atoms with E-state index in [9.17, 15) is 9.59 Å². The number of hydrogen-bond donors (Lipinski definition) is 1. The summed E-state index contributed by atoms with van der Waals surface area (Å²) in [6.07, 6.45) is 24.0. The molecule has 2 saturated carbocycles. The summed E-state index contributed by atoms with van der Waals surface area (Å²) in [6, 6.07) is 0. The minimum absolute atomic E-state index is 0.108. The van der Waals surface area contributed by atoms with Crippen molar-refractivity contribution in [3.8, 4) is 0 Å². The molecule has 0 unspecified atom stereocenters. The Bertz CT molecular complexity index is 768. The minimum atomic E-state index is 0.108. The van der Waals surface area contributed by atoms with E-state index in [0.717, 1.165) is 56.2 Å². The van der Waals surface area contributed by atoms with E-state index in [2.05, 4.69) is 10.3 Å². The number of pyridine rings is 1. The Balaban J connectivity index is 1.57. The van der Waals surface area contributed by atoms with Crippen molar-refractivity contribution in [2.45, 2.75) is 128 Å². The molecule has 0 aliphatic heterocycles. The number of nitrogens with zero attached hydrogens (tertiary/aromatic N) is 1. The number of carbonyl (C=O) groups excluding carboxylic acids is 2. The van der Waals surface area contributed by atoms with Crippen LogP contribution in [-0.4, -0.2) is 16.7 Å². The molecular weight excluding hydrogens is 396 g/mol. The predicted octanol–water partition coefficient (Wildman–Crippen LogP) is 7.51. The first kappa shape index (κ1) is 23.4. The third-order valence-electron chi connectivity index (χ3n) is 8.09. The highest BCUT2D eigenvalue weighted by molar-refractivity contribution is 6.00. The van der Waals surface area contributed by atoms with E-state index in [4.69, 9.17) is 0 Å². The second-order valence-corrected chi connectivity index (χ2v) is 10.5. The van der Waals surface area contributed by atoms with Crippen LogP contribution in [-0.2, 0) is 11.2 Å². The van der Waals surface area contributed by atoms with E-state index in [-0.39, 0.29) is 17.6 Å². The Labute approximate surface area is 194 Å². The maximum Gasteiger partial charge on any atom is 0.227 e. The fraction of sp³-hybridized carbons (Fsp3) is 0.750. The molecular formula is C28H42N2O2. The quantitative estimate of drug-likeness (QED) is 0.531. The van der Waals surface area contributed by atoms with Crippen LogP contribution >= 0.6 is 0 Å². The lowest BCUT2D eigenvalue weighted by molar-refractivity contribution is -0.120. The topological polar surface area (TPSA) is 59.1 Å². The Morgan fingerprint density at radius 1 is 0.750 bits per heavy atom. The zero-order chi connectivity index (χ0) is 22.2. The Kier molecular flexibility index (Phi) is 8.76. The van der Waals surface area contributed by atoms with Crippen molar-refractivity contribution < 1.29 is 9.59 Å². The van der Waals surface area contributed by atoms with Crippen molar-refractivity contribution in [1.82, 2.24) is 4.98 Å². The fourth-order valence-electron chi connectivity index (χ4n) is 6.21. The van der Waals surface area contributed by atoms with Crippen LogP contribution in [0.15, 0.2) is 6.20 Å². The van der Waals surface area contributed by atoms with Crippen molar-refractivity contribution in [3.05, 3.63) is 23.0 Å². The zero-order valence-corrected chi connectivity index (χ0v) is 19.9. The summed E-state index contributed by atoms with van der Waals surface area (Å²) in [7, 11) is 0. The Morgan fingerprint density at radius 3 is 1.88 bits per heavy atom. The lowest BCUT2D eigenvalue weighted by Gasteiger charge is -2.25. The van der Waals surface area contributed by atoms with Gasteiger partial charge in [-0.15, -0.1) is 0 Å². The van der Waals surface area contributed by atoms with Gasteiger partial charge in [-0.1, -0.05) is 83.5 Å². The number of Topliss-reactive ketones (excluding diaryl/α,β-unsaturated/α-hetero) is 1. The van der Waals surface area contributed by atoms with E-state index >= 15 is 0 Å². The number of aromatic nitrogens is 1. The highest BCUT2D eigenvalue weighted by Gasteiger charge is 2.30. The maximum absolute atomic E-state index is 13.4. The first-order valence-corrected chi connectivity index (χ1v) is 13.6. The Hall–Kier alpha value is -1.71. The molecule has 4 nitrogen and oxygen atoms in total. The number of anilines is 1. The number of amides is 1. The lowest BCUT2D eigenvalue weighted by Crippen LogP contribution is -2.25. The van der Waals surface area contributed by atoms with Crippen molar-refractivity contribution in [2.24, 2.45) is 5.92 Å². The molecule has 1 heterocycles. The lowest BCUT2D eigenvalue weighted by atomic mass is 9.85. The molecule has 0 radical (unpaired) electrons. The summed E-state index contributed by atoms with van der Waals surface area (Å²) in [4.78, 5) is 30.4. The van der Waals surface area contributed by atoms with Crippen LogP contribution in [0.2, 0.25) is 0 Å². The number of fused-ring (bicyclic) bond motifs is 1. The largest absolute Gasteiger partial charge is 0.324 e. The maximum atomic E-state index is 13.4. The first-order valence-electron chi connectivity index (χ1n) is 13.6. The van der Waals surface area contributed by atoms with Crippen LogP contribution in [0, 0.1) is 5.92 Å². The summed E-state index contributed by atoms with van der Waals surface area (Å²) in [5.41, 5.74) is 3.99. The second kappa shape index (κ2) is 12.0. The molecule has 0 aromatic carbocycles. The molecule has 32 heavy (non-hydrogen) atoms. The van der Waals surface area contributed by atoms with E-state index in [0.29, 0.717) is 18.0 Å². The average Bonchev–Trinajstić information content (AvgIpc) is 3.24. The number of carbonyl (C=O) groups is 2. The first-order chi connectivity index (χ1) is 15.7. The molecule has 2 fully saturated rings. The average molecular weight is 439 g/mol. The molecule has 0 spiro atoms. The number of rotatable bonds is 3. The van der Waals surface area contributed by atoms with Gasteiger partial charge in [0.1, 0.15) is 5.69 Å². The van der Waals surface area contributed by atoms with Crippen LogP contribution in [0.25, 0.3) is 0 Å². The summed E-state index contributed by atoms with van der Waals surface area (Å²) in [5, 5.41) is 3.35. The van der Waals surface area contributed by atoms with Crippen LogP contribution in [0.3, 0.4) is 0 Å². The van der Waals surface area contributed by atoms with Gasteiger partial charge in [0.05, 0.1) is 11.9 Å². The van der Waals surface area contributed by atoms with Crippen molar-refractivity contribution in [1.29, 1.82) is 0 Å². The third-order valence-corrected chi connectivity index (χ3v) is 8.09. The molecule has 4 rings (SSSR count). The molecule has 176 valence electrons. The molecule has 0 saturated heterocycles. The molecule has 3 aliphatic carbocycles. The van der Waals surface area contributed by atoms with Gasteiger partial charge in [0.2, 0.25) is 5.91 Å². The van der Waals surface area contributed by atoms with Gasteiger partial charge in [0.25, 0.3) is 0 Å². The highest BCUT2D eigenvalue weighted by Crippen LogP contribution is 2.40. The molecule has 1 N–H and O–H groups in total. The third kappa shape index (κ3) is 5.99. The number of hydrogen-bond acceptors (Lipinski definition) is 3. The smallest absolute Gasteiger partial charge is 0.227 e. The molecule has 4 heteroatoms. The summed E-state index contributed by atoms with van der Waals surface area (Å²) < 4.78 is 0. The monoisotopic (exact) mass is 438 g/mol. The standard InChI is InChI=1S/C28H42N2O2/c31-25-19-18-23-26(21-14-10-6-4-5-7-11-15-21)24(20-29-27(23)25)30-28(32)22-16-12-8-2-1-3-9-13-17-22/h20-22H,1-19H2,(H,30,32). The van der Waals surface area contributed by atoms with Gasteiger partial charge in [-0.3, -0.25) is 14.6 Å². The molecule has 0 bridgehead atoms. The highest BCUT2D eigenvalue weighted by atomic mass is 16.2. The van der Waals surface area contributed by atoms with Gasteiger partial charge in [-0.25, -0.2) is 0 Å². The van der Waals surface area contributed by atoms with Crippen molar-refractivity contribution in [3.63, 3.8) is 0 Å². The van der Waals surface area contributed by atoms with Gasteiger partial charge in [0, 0.05) is 12.3 Å². The molecule has 3 aliphatic rings. The van der Waals surface area contributed by atoms with E-state index in [1.165, 1.54) is 76.2 Å². The molecule has 1 amide bonds. The van der Waals surface area contributed by atoms with Gasteiger partial charge in [-0.05, 0) is 49.1 Å². The van der Waals surface area contributed by atoms with Crippen LogP contribution in [0.5, 0.6) is 0 Å². The summed E-state index contributed by atoms with van der Waals surface area (Å²) in [6.45, 7) is 0. The van der Waals surface area contributed by atoms with Gasteiger partial charge in [-0.2, -0.15) is 0 Å². The molecule has 1 aromatic heterocycles. The number of ketones is 1. The Morgan fingerprint density at radius 2 is 1.28 bits per heavy atom. The van der Waals surface area contributed by atoms with Gasteiger partial charge < -0.3 is 5.32 Å². The molecule has 0 atom stereocenters. The summed E-state index contributed by atoms with van der Waals surface area (Å²) in [5.74, 6) is 0.905. The zero-order valence-electron chi connectivity index (χ0n) is 19.9. The second-order valence-electron chi connectivity index (χ2n) is 10.5. The SMILES string of the molecule is O=C1CCc2c1ncc(NC(=O)C1CCCCCCCCC1)c2C1CCCCCCCC1. The van der Waals surface area contributed by atoms with Crippen molar-refractivity contribution >= 4 is 17.4 Å². The predicted molar refractivity (Wildman–Crippen MR) is 130 cm³/mol. The van der Waals surface area contributed by atoms with Crippen molar-refractivity contribution in [2.75, 3.05) is 5.32 Å². The van der Waals surface area contributed by atoms with E-state index < -0.39 is 0 Å². The van der Waals surface area contributed by atoms with Crippen LogP contribution < -0.4 is 5.32 Å². The van der Waals surface area contributed by atoms with Crippen LogP contribution in [0.4, 0.5) is 5.69 Å². The van der Waals surface area contributed by atoms with Crippen LogP contribution in [0.1, 0.15) is 143 Å². The van der Waals surface area contributed by atoms with E-state index in [1.807, 2.05) is 6.20 Å². The minimum Gasteiger partial charge on any atom is -0.324 e.